The van der Waals surface area contributed by atoms with Crippen LogP contribution in [-0.2, 0) is 11.8 Å². The van der Waals surface area contributed by atoms with Gasteiger partial charge in [0.15, 0.2) is 5.16 Å². The molecule has 28 heavy (non-hydrogen) atoms. The van der Waals surface area contributed by atoms with Crippen LogP contribution in [-0.4, -0.2) is 37.4 Å². The lowest BCUT2D eigenvalue weighted by atomic mass is 10.1. The molecule has 0 saturated carbocycles. The molecular weight excluding hydrogens is 378 g/mol. The fourth-order valence-corrected chi connectivity index (χ4v) is 3.10. The van der Waals surface area contributed by atoms with Crippen LogP contribution in [0.4, 0.5) is 11.4 Å². The van der Waals surface area contributed by atoms with E-state index >= 15 is 0 Å². The average molecular weight is 397 g/mol. The summed E-state index contributed by atoms with van der Waals surface area (Å²) in [5.41, 5.74) is 2.08. The first kappa shape index (κ1) is 19.4. The van der Waals surface area contributed by atoms with Gasteiger partial charge in [0, 0.05) is 18.3 Å². The lowest BCUT2D eigenvalue weighted by Gasteiger charge is -2.10. The van der Waals surface area contributed by atoms with Crippen molar-refractivity contribution < 1.29 is 14.7 Å². The molecule has 1 aromatic heterocycles. The van der Waals surface area contributed by atoms with Crippen molar-refractivity contribution in [2.24, 2.45) is 7.05 Å². The van der Waals surface area contributed by atoms with Gasteiger partial charge >= 0.3 is 0 Å². The Labute approximate surface area is 166 Å². The van der Waals surface area contributed by atoms with Crippen molar-refractivity contribution in [3.63, 3.8) is 0 Å². The number of phenolic OH excluding ortho intramolecular Hbond substituents is 1. The molecule has 8 nitrogen and oxygen atoms in total. The van der Waals surface area contributed by atoms with Crippen LogP contribution in [0.1, 0.15) is 15.9 Å². The standard InChI is InChI=1S/C19H19N5O3S/c1-12-6-7-15(16(25)8-12)22-18(27)13-4-3-5-14(9-13)21-17(26)10-28-19-23-20-11-24(19)2/h3-9,11,25H,10H2,1-2H3,(H,21,26)(H,22,27). The first-order valence-corrected chi connectivity index (χ1v) is 9.38. The first-order valence-electron chi connectivity index (χ1n) is 8.40. The molecule has 3 N–H and O–H groups in total. The number of rotatable bonds is 6. The van der Waals surface area contributed by atoms with Gasteiger partial charge < -0.3 is 20.3 Å². The minimum absolute atomic E-state index is 0.00129. The zero-order chi connectivity index (χ0) is 20.1. The highest BCUT2D eigenvalue weighted by atomic mass is 32.2. The molecule has 0 aliphatic rings. The van der Waals surface area contributed by atoms with E-state index in [0.717, 1.165) is 5.56 Å². The Morgan fingerprint density at radius 2 is 2.00 bits per heavy atom. The van der Waals surface area contributed by atoms with Gasteiger partial charge in [-0.3, -0.25) is 9.59 Å². The molecule has 0 aliphatic heterocycles. The minimum atomic E-state index is -0.385. The van der Waals surface area contributed by atoms with Crippen LogP contribution in [0.15, 0.2) is 53.9 Å². The van der Waals surface area contributed by atoms with Gasteiger partial charge in [0.1, 0.15) is 12.1 Å². The monoisotopic (exact) mass is 397 g/mol. The summed E-state index contributed by atoms with van der Waals surface area (Å²) in [5, 5.41) is 23.7. The average Bonchev–Trinajstić information content (AvgIpc) is 3.07. The van der Waals surface area contributed by atoms with Crippen molar-refractivity contribution in [3.8, 4) is 5.75 Å². The van der Waals surface area contributed by atoms with E-state index in [0.29, 0.717) is 22.1 Å². The number of hydrogen-bond acceptors (Lipinski definition) is 6. The van der Waals surface area contributed by atoms with Crippen LogP contribution < -0.4 is 10.6 Å². The van der Waals surface area contributed by atoms with E-state index in [1.165, 1.54) is 11.8 Å². The van der Waals surface area contributed by atoms with Crippen LogP contribution >= 0.6 is 11.8 Å². The van der Waals surface area contributed by atoms with Crippen molar-refractivity contribution >= 4 is 35.0 Å². The number of benzene rings is 2. The Morgan fingerprint density at radius 1 is 1.18 bits per heavy atom. The number of amides is 2. The Kier molecular flexibility index (Phi) is 5.95. The summed E-state index contributed by atoms with van der Waals surface area (Å²) in [6, 6.07) is 11.6. The number of aryl methyl sites for hydroxylation is 2. The predicted octanol–water partition coefficient (Wildman–Crippen LogP) is 2.81. The number of aromatic hydroxyl groups is 1. The third-order valence-electron chi connectivity index (χ3n) is 3.81. The Hall–Kier alpha value is -3.33. The quantitative estimate of drug-likeness (QED) is 0.436. The molecule has 0 radical (unpaired) electrons. The van der Waals surface area contributed by atoms with Gasteiger partial charge in [-0.2, -0.15) is 0 Å². The molecule has 3 rings (SSSR count). The lowest BCUT2D eigenvalue weighted by molar-refractivity contribution is -0.113. The molecular formula is C19H19N5O3S. The fraction of sp³-hybridized carbons (Fsp3) is 0.158. The largest absolute Gasteiger partial charge is 0.506 e. The van der Waals surface area contributed by atoms with Gasteiger partial charge in [-0.25, -0.2) is 0 Å². The van der Waals surface area contributed by atoms with Gasteiger partial charge in [-0.15, -0.1) is 10.2 Å². The molecule has 0 fully saturated rings. The van der Waals surface area contributed by atoms with Crippen LogP contribution in [0.5, 0.6) is 5.75 Å². The van der Waals surface area contributed by atoms with Gasteiger partial charge in [-0.05, 0) is 42.8 Å². The smallest absolute Gasteiger partial charge is 0.255 e. The maximum atomic E-state index is 12.5. The van der Waals surface area contributed by atoms with E-state index in [2.05, 4.69) is 20.8 Å². The highest BCUT2D eigenvalue weighted by molar-refractivity contribution is 7.99. The second-order valence-corrected chi connectivity index (χ2v) is 7.06. The van der Waals surface area contributed by atoms with E-state index in [9.17, 15) is 14.7 Å². The molecule has 0 saturated heterocycles. The number of carbonyl (C=O) groups is 2. The van der Waals surface area contributed by atoms with E-state index < -0.39 is 0 Å². The molecule has 0 spiro atoms. The van der Waals surface area contributed by atoms with Crippen molar-refractivity contribution in [3.05, 3.63) is 59.9 Å². The van der Waals surface area contributed by atoms with E-state index in [1.54, 1.807) is 60.4 Å². The Balaban J connectivity index is 1.62. The highest BCUT2D eigenvalue weighted by Gasteiger charge is 2.11. The zero-order valence-electron chi connectivity index (χ0n) is 15.3. The summed E-state index contributed by atoms with van der Waals surface area (Å²) in [6.07, 6.45) is 1.56. The first-order chi connectivity index (χ1) is 13.4. The third kappa shape index (κ3) is 4.89. The number of aromatic nitrogens is 3. The zero-order valence-corrected chi connectivity index (χ0v) is 16.2. The van der Waals surface area contributed by atoms with Crippen molar-refractivity contribution in [2.75, 3.05) is 16.4 Å². The molecule has 2 aromatic carbocycles. The number of nitrogens with one attached hydrogen (secondary N) is 2. The van der Waals surface area contributed by atoms with Crippen molar-refractivity contribution in [1.29, 1.82) is 0 Å². The van der Waals surface area contributed by atoms with Gasteiger partial charge in [-0.1, -0.05) is 23.9 Å². The topological polar surface area (TPSA) is 109 Å². The minimum Gasteiger partial charge on any atom is -0.506 e. The lowest BCUT2D eigenvalue weighted by Crippen LogP contribution is -2.16. The van der Waals surface area contributed by atoms with E-state index in [1.807, 2.05) is 6.92 Å². The summed E-state index contributed by atoms with van der Waals surface area (Å²) in [4.78, 5) is 24.6. The molecule has 9 heteroatoms. The molecule has 0 unspecified atom stereocenters. The van der Waals surface area contributed by atoms with Crippen LogP contribution in [0.2, 0.25) is 0 Å². The number of anilines is 2. The molecule has 0 bridgehead atoms. The summed E-state index contributed by atoms with van der Waals surface area (Å²) in [6.45, 7) is 1.85. The van der Waals surface area contributed by atoms with Crippen LogP contribution in [0.25, 0.3) is 0 Å². The molecule has 0 atom stereocenters. The van der Waals surface area contributed by atoms with Crippen molar-refractivity contribution in [2.45, 2.75) is 12.1 Å². The van der Waals surface area contributed by atoms with Gasteiger partial charge in [0.05, 0.1) is 11.4 Å². The Bertz CT molecular complexity index is 1020. The summed E-state index contributed by atoms with van der Waals surface area (Å²) in [5.74, 6) is -0.440. The highest BCUT2D eigenvalue weighted by Crippen LogP contribution is 2.25. The molecule has 144 valence electrons. The number of nitrogens with zero attached hydrogens (tertiary/aromatic N) is 3. The number of thioether (sulfide) groups is 1. The van der Waals surface area contributed by atoms with Gasteiger partial charge in [0.25, 0.3) is 5.91 Å². The normalized spacial score (nSPS) is 10.5. The van der Waals surface area contributed by atoms with Gasteiger partial charge in [0.2, 0.25) is 5.91 Å². The second-order valence-electron chi connectivity index (χ2n) is 6.12. The SMILES string of the molecule is Cc1ccc(NC(=O)c2cccc(NC(=O)CSc3nncn3C)c2)c(O)c1. The molecule has 0 aliphatic carbocycles. The maximum absolute atomic E-state index is 12.5. The maximum Gasteiger partial charge on any atom is 0.255 e. The third-order valence-corrected chi connectivity index (χ3v) is 4.85. The van der Waals surface area contributed by atoms with Crippen molar-refractivity contribution in [1.82, 2.24) is 14.8 Å². The second kappa shape index (κ2) is 8.57. The summed E-state index contributed by atoms with van der Waals surface area (Å²) in [7, 11) is 1.80. The number of hydrogen-bond donors (Lipinski definition) is 3. The fourth-order valence-electron chi connectivity index (χ4n) is 2.41. The van der Waals surface area contributed by atoms with Crippen LogP contribution in [0, 0.1) is 6.92 Å². The van der Waals surface area contributed by atoms with Crippen LogP contribution in [0.3, 0.4) is 0 Å². The number of carbonyl (C=O) groups excluding carboxylic acids is 2. The Morgan fingerprint density at radius 3 is 2.71 bits per heavy atom. The molecule has 3 aromatic rings. The molecule has 1 heterocycles. The van der Waals surface area contributed by atoms with E-state index in [4.69, 9.17) is 0 Å². The summed E-state index contributed by atoms with van der Waals surface area (Å²) < 4.78 is 1.73. The number of phenols is 1. The summed E-state index contributed by atoms with van der Waals surface area (Å²) >= 11 is 1.27. The predicted molar refractivity (Wildman–Crippen MR) is 108 cm³/mol. The molecule has 2 amide bonds. The van der Waals surface area contributed by atoms with E-state index in [-0.39, 0.29) is 23.3 Å².